The van der Waals surface area contributed by atoms with E-state index in [4.69, 9.17) is 4.42 Å². The zero-order valence-corrected chi connectivity index (χ0v) is 14.5. The van der Waals surface area contributed by atoms with Gasteiger partial charge in [0, 0.05) is 12.6 Å². The number of aromatic nitrogens is 3. The Labute approximate surface area is 152 Å². The Balaban J connectivity index is 1.88. The highest BCUT2D eigenvalue weighted by Crippen LogP contribution is 2.33. The molecule has 1 aliphatic heterocycles. The van der Waals surface area contributed by atoms with Crippen LogP contribution in [0.5, 0.6) is 0 Å². The van der Waals surface area contributed by atoms with Crippen molar-refractivity contribution >= 4 is 11.6 Å². The van der Waals surface area contributed by atoms with Crippen molar-refractivity contribution in [3.63, 3.8) is 0 Å². The zero-order valence-electron chi connectivity index (χ0n) is 14.5. The molecule has 3 aromatic rings. The molecule has 1 amide bonds. The number of halogens is 3. The Bertz CT molecular complexity index is 979. The smallest absolute Gasteiger partial charge is 0.433 e. The van der Waals surface area contributed by atoms with Crippen LogP contribution >= 0.6 is 0 Å². The summed E-state index contributed by atoms with van der Waals surface area (Å²) in [6.45, 7) is 2.51. The fourth-order valence-corrected chi connectivity index (χ4v) is 3.42. The summed E-state index contributed by atoms with van der Waals surface area (Å²) in [5.41, 5.74) is -1.08. The molecule has 0 unspecified atom stereocenters. The summed E-state index contributed by atoms with van der Waals surface area (Å²) in [7, 11) is 0. The number of hydrogen-bond donors (Lipinski definition) is 0. The molecule has 0 N–H and O–H groups in total. The number of rotatable bonds is 2. The van der Waals surface area contributed by atoms with Gasteiger partial charge in [-0.2, -0.15) is 18.3 Å². The zero-order chi connectivity index (χ0) is 19.2. The molecule has 0 radical (unpaired) electrons. The van der Waals surface area contributed by atoms with Crippen LogP contribution in [0.15, 0.2) is 35.1 Å². The monoisotopic (exact) mass is 378 g/mol. The second-order valence-corrected chi connectivity index (χ2v) is 6.64. The summed E-state index contributed by atoms with van der Waals surface area (Å²) in [6.07, 6.45) is 0.615. The van der Waals surface area contributed by atoms with E-state index in [0.29, 0.717) is 11.1 Å². The summed E-state index contributed by atoms with van der Waals surface area (Å²) in [6, 6.07) is 3.98. The van der Waals surface area contributed by atoms with Crippen LogP contribution in [0.2, 0.25) is 0 Å². The number of likely N-dealkylation sites (tertiary alicyclic amines) is 1. The molecule has 4 rings (SSSR count). The summed E-state index contributed by atoms with van der Waals surface area (Å²) >= 11 is 0. The predicted molar refractivity (Wildman–Crippen MR) is 90.0 cm³/mol. The average molecular weight is 378 g/mol. The molecule has 1 aliphatic rings. The van der Waals surface area contributed by atoms with Gasteiger partial charge in [0.05, 0.1) is 12.5 Å². The van der Waals surface area contributed by atoms with E-state index in [1.54, 1.807) is 11.0 Å². The largest absolute Gasteiger partial charge is 0.463 e. The first kappa shape index (κ1) is 17.6. The fraction of sp³-hybridized carbons (Fsp3) is 0.389. The molecular weight excluding hydrogens is 361 g/mol. The van der Waals surface area contributed by atoms with E-state index >= 15 is 0 Å². The van der Waals surface area contributed by atoms with Crippen LogP contribution in [0.3, 0.4) is 0 Å². The van der Waals surface area contributed by atoms with Crippen LogP contribution in [0.4, 0.5) is 13.2 Å². The standard InChI is InChI=1S/C18H17F3N4O2/c1-11-5-2-3-7-24(11)17(26)12-10-22-25-15(18(19,20)21)9-13(23-16(12)25)14-6-4-8-27-14/h4,6,8-11H,2-3,5,7H2,1H3/t11-/m0/s1. The minimum Gasteiger partial charge on any atom is -0.463 e. The van der Waals surface area contributed by atoms with Gasteiger partial charge in [-0.1, -0.05) is 0 Å². The Morgan fingerprint density at radius 1 is 1.33 bits per heavy atom. The number of carbonyl (C=O) groups excluding carboxylic acids is 1. The number of amides is 1. The lowest BCUT2D eigenvalue weighted by molar-refractivity contribution is -0.142. The van der Waals surface area contributed by atoms with E-state index in [-0.39, 0.29) is 34.6 Å². The molecule has 0 bridgehead atoms. The second kappa shape index (κ2) is 6.40. The number of hydrogen-bond acceptors (Lipinski definition) is 4. The molecule has 1 atom stereocenters. The number of alkyl halides is 3. The molecule has 1 fully saturated rings. The Kier molecular flexibility index (Phi) is 4.16. The Morgan fingerprint density at radius 3 is 2.81 bits per heavy atom. The van der Waals surface area contributed by atoms with Gasteiger partial charge in [-0.05, 0) is 44.4 Å². The van der Waals surface area contributed by atoms with Gasteiger partial charge >= 0.3 is 6.18 Å². The molecule has 142 valence electrons. The Morgan fingerprint density at radius 2 is 2.15 bits per heavy atom. The molecule has 9 heteroatoms. The molecule has 27 heavy (non-hydrogen) atoms. The third-order valence-electron chi connectivity index (χ3n) is 4.83. The van der Waals surface area contributed by atoms with E-state index in [9.17, 15) is 18.0 Å². The third kappa shape index (κ3) is 3.07. The SMILES string of the molecule is C[C@H]1CCCCN1C(=O)c1cnn2c(C(F)(F)F)cc(-c3ccco3)nc12. The molecule has 0 aromatic carbocycles. The maximum atomic E-state index is 13.6. The van der Waals surface area contributed by atoms with E-state index in [0.717, 1.165) is 31.5 Å². The van der Waals surface area contributed by atoms with Crippen molar-refractivity contribution in [1.29, 1.82) is 0 Å². The van der Waals surface area contributed by atoms with Crippen molar-refractivity contribution in [2.45, 2.75) is 38.4 Å². The molecular formula is C18H17F3N4O2. The summed E-state index contributed by atoms with van der Waals surface area (Å²) < 4.78 is 46.5. The van der Waals surface area contributed by atoms with Crippen LogP contribution in [0.25, 0.3) is 17.1 Å². The van der Waals surface area contributed by atoms with Crippen molar-refractivity contribution in [3.8, 4) is 11.5 Å². The fourth-order valence-electron chi connectivity index (χ4n) is 3.42. The number of piperidine rings is 1. The molecule has 4 heterocycles. The Hall–Kier alpha value is -2.84. The quantitative estimate of drug-likeness (QED) is 0.676. The van der Waals surface area contributed by atoms with E-state index in [1.165, 1.54) is 12.3 Å². The molecule has 0 spiro atoms. The second-order valence-electron chi connectivity index (χ2n) is 6.64. The number of furan rings is 1. The predicted octanol–water partition coefficient (Wildman–Crippen LogP) is 4.02. The number of nitrogens with zero attached hydrogens (tertiary/aromatic N) is 4. The molecule has 0 saturated carbocycles. The van der Waals surface area contributed by atoms with Crippen LogP contribution in [0, 0.1) is 0 Å². The maximum Gasteiger partial charge on any atom is 0.433 e. The minimum absolute atomic E-state index is 0.000989. The minimum atomic E-state index is -4.66. The van der Waals surface area contributed by atoms with E-state index in [2.05, 4.69) is 10.1 Å². The highest BCUT2D eigenvalue weighted by molar-refractivity contribution is 6.00. The van der Waals surface area contributed by atoms with Crippen LogP contribution in [-0.2, 0) is 6.18 Å². The van der Waals surface area contributed by atoms with Gasteiger partial charge in [0.1, 0.15) is 11.3 Å². The topological polar surface area (TPSA) is 63.6 Å². The van der Waals surface area contributed by atoms with Gasteiger partial charge in [-0.3, -0.25) is 4.79 Å². The number of carbonyl (C=O) groups is 1. The molecule has 0 aliphatic carbocycles. The highest BCUT2D eigenvalue weighted by atomic mass is 19.4. The van der Waals surface area contributed by atoms with Crippen LogP contribution in [0.1, 0.15) is 42.2 Å². The van der Waals surface area contributed by atoms with Crippen LogP contribution in [-0.4, -0.2) is 38.0 Å². The van der Waals surface area contributed by atoms with Crippen molar-refractivity contribution in [2.24, 2.45) is 0 Å². The maximum absolute atomic E-state index is 13.6. The van der Waals surface area contributed by atoms with Gasteiger partial charge < -0.3 is 9.32 Å². The molecule has 3 aromatic heterocycles. The van der Waals surface area contributed by atoms with E-state index in [1.807, 2.05) is 6.92 Å². The van der Waals surface area contributed by atoms with Crippen molar-refractivity contribution < 1.29 is 22.4 Å². The van der Waals surface area contributed by atoms with Crippen molar-refractivity contribution in [1.82, 2.24) is 19.5 Å². The molecule has 6 nitrogen and oxygen atoms in total. The third-order valence-corrected chi connectivity index (χ3v) is 4.83. The van der Waals surface area contributed by atoms with Gasteiger partial charge in [0.25, 0.3) is 5.91 Å². The first-order valence-electron chi connectivity index (χ1n) is 8.67. The first-order chi connectivity index (χ1) is 12.9. The highest BCUT2D eigenvalue weighted by Gasteiger charge is 2.37. The van der Waals surface area contributed by atoms with Crippen molar-refractivity contribution in [2.75, 3.05) is 6.54 Å². The average Bonchev–Trinajstić information content (AvgIpc) is 3.29. The normalized spacial score (nSPS) is 18.2. The first-order valence-corrected chi connectivity index (χ1v) is 8.67. The van der Waals surface area contributed by atoms with Gasteiger partial charge in [0.15, 0.2) is 17.1 Å². The lowest BCUT2D eigenvalue weighted by Gasteiger charge is -2.33. The van der Waals surface area contributed by atoms with Gasteiger partial charge in [0.2, 0.25) is 0 Å². The summed E-state index contributed by atoms with van der Waals surface area (Å²) in [5.74, 6) is -0.164. The van der Waals surface area contributed by atoms with Gasteiger partial charge in [-0.15, -0.1) is 0 Å². The molecule has 1 saturated heterocycles. The summed E-state index contributed by atoms with van der Waals surface area (Å²) in [4.78, 5) is 18.9. The van der Waals surface area contributed by atoms with Gasteiger partial charge in [-0.25, -0.2) is 9.50 Å². The summed E-state index contributed by atoms with van der Waals surface area (Å²) in [5, 5.41) is 3.80. The van der Waals surface area contributed by atoms with Crippen molar-refractivity contribution in [3.05, 3.63) is 41.9 Å². The van der Waals surface area contributed by atoms with E-state index < -0.39 is 11.9 Å². The number of fused-ring (bicyclic) bond motifs is 1. The lowest BCUT2D eigenvalue weighted by Crippen LogP contribution is -2.42. The van der Waals surface area contributed by atoms with Crippen LogP contribution < -0.4 is 0 Å². The lowest BCUT2D eigenvalue weighted by atomic mass is 10.0.